The maximum absolute atomic E-state index is 12.4. The highest BCUT2D eigenvalue weighted by Gasteiger charge is 2.23. The van der Waals surface area contributed by atoms with Crippen LogP contribution < -0.4 is 10.1 Å². The number of rotatable bonds is 8. The topological polar surface area (TPSA) is 68.6 Å². The summed E-state index contributed by atoms with van der Waals surface area (Å²) in [6, 6.07) is 9.72. The molecule has 1 aliphatic heterocycles. The lowest BCUT2D eigenvalue weighted by Gasteiger charge is -2.34. The minimum atomic E-state index is -0.00443. The number of benzene rings is 1. The first kappa shape index (κ1) is 22.1. The number of carbonyl (C=O) groups is 1. The third kappa shape index (κ3) is 5.78. The lowest BCUT2D eigenvalue weighted by Crippen LogP contribution is -2.48. The maximum atomic E-state index is 12.4. The van der Waals surface area contributed by atoms with Gasteiger partial charge >= 0.3 is 0 Å². The molecule has 0 unspecified atom stereocenters. The summed E-state index contributed by atoms with van der Waals surface area (Å²) in [6.07, 6.45) is 3.55. The summed E-state index contributed by atoms with van der Waals surface area (Å²) < 4.78 is 5.78. The number of halogens is 1. The number of aryl methyl sites for hydroxylation is 1. The van der Waals surface area contributed by atoms with Crippen LogP contribution in [0, 0.1) is 11.3 Å². The summed E-state index contributed by atoms with van der Waals surface area (Å²) in [7, 11) is 0. The van der Waals surface area contributed by atoms with E-state index in [2.05, 4.69) is 21.2 Å². The molecule has 1 N–H and O–H groups in total. The van der Waals surface area contributed by atoms with Gasteiger partial charge < -0.3 is 15.0 Å². The lowest BCUT2D eigenvalue weighted by atomic mass is 10.1. The van der Waals surface area contributed by atoms with Crippen molar-refractivity contribution in [3.63, 3.8) is 0 Å². The van der Waals surface area contributed by atoms with Crippen molar-refractivity contribution in [3.05, 3.63) is 45.3 Å². The molecule has 4 rings (SSSR count). The molecular formula is C23H27ClN4O2S. The lowest BCUT2D eigenvalue weighted by molar-refractivity contribution is -0.116. The fourth-order valence-corrected chi connectivity index (χ4v) is 5.50. The Morgan fingerprint density at radius 1 is 1.13 bits per heavy atom. The van der Waals surface area contributed by atoms with Crippen LogP contribution >= 0.6 is 22.9 Å². The maximum Gasteiger partial charge on any atom is 0.226 e. The van der Waals surface area contributed by atoms with Gasteiger partial charge in [-0.3, -0.25) is 9.69 Å². The Bertz CT molecular complexity index is 946. The standard InChI is InChI=1S/C23H27ClN4O2S/c24-17-4-6-18(7-5-17)30-15-14-28-12-10-27(11-13-28)9-8-22(29)26-23-20(16-25)19-2-1-3-21(19)31-23/h4-7H,1-3,8-15H2,(H,26,29). The largest absolute Gasteiger partial charge is 0.492 e. The summed E-state index contributed by atoms with van der Waals surface area (Å²) in [5.41, 5.74) is 1.83. The summed E-state index contributed by atoms with van der Waals surface area (Å²) in [5.74, 6) is 0.833. The van der Waals surface area contributed by atoms with E-state index in [1.165, 1.54) is 4.88 Å². The molecule has 0 atom stereocenters. The number of amides is 1. The van der Waals surface area contributed by atoms with Crippen LogP contribution in [-0.4, -0.2) is 61.6 Å². The van der Waals surface area contributed by atoms with E-state index in [-0.39, 0.29) is 5.91 Å². The molecule has 164 valence electrons. The molecule has 2 aromatic rings. The fourth-order valence-electron chi connectivity index (χ4n) is 4.12. The number of nitrogens with one attached hydrogen (secondary N) is 1. The van der Waals surface area contributed by atoms with E-state index < -0.39 is 0 Å². The first-order chi connectivity index (χ1) is 15.1. The van der Waals surface area contributed by atoms with Gasteiger partial charge in [0.2, 0.25) is 5.91 Å². The van der Waals surface area contributed by atoms with Gasteiger partial charge in [0.15, 0.2) is 0 Å². The second-order valence-electron chi connectivity index (χ2n) is 7.96. The molecule has 1 aromatic heterocycles. The first-order valence-corrected chi connectivity index (χ1v) is 12.0. The minimum Gasteiger partial charge on any atom is -0.492 e. The second kappa shape index (κ2) is 10.5. The number of fused-ring (bicyclic) bond motifs is 1. The highest BCUT2D eigenvalue weighted by molar-refractivity contribution is 7.16. The predicted molar refractivity (Wildman–Crippen MR) is 124 cm³/mol. The van der Waals surface area contributed by atoms with Gasteiger partial charge in [0, 0.05) is 55.6 Å². The van der Waals surface area contributed by atoms with Crippen molar-refractivity contribution < 1.29 is 9.53 Å². The Kier molecular flexibility index (Phi) is 7.46. The van der Waals surface area contributed by atoms with Crippen molar-refractivity contribution in [2.24, 2.45) is 0 Å². The third-order valence-electron chi connectivity index (χ3n) is 5.90. The Labute approximate surface area is 192 Å². The Hall–Kier alpha value is -2.11. The van der Waals surface area contributed by atoms with E-state index >= 15 is 0 Å². The number of hydrogen-bond acceptors (Lipinski definition) is 6. The SMILES string of the molecule is N#Cc1c(NC(=O)CCN2CCN(CCOc3ccc(Cl)cc3)CC2)sc2c1CCC2. The Morgan fingerprint density at radius 2 is 1.84 bits per heavy atom. The molecule has 1 aromatic carbocycles. The van der Waals surface area contributed by atoms with Gasteiger partial charge in [-0.2, -0.15) is 5.26 Å². The molecular weight excluding hydrogens is 432 g/mol. The van der Waals surface area contributed by atoms with Crippen molar-refractivity contribution in [2.45, 2.75) is 25.7 Å². The highest BCUT2D eigenvalue weighted by atomic mass is 35.5. The van der Waals surface area contributed by atoms with Gasteiger partial charge in [-0.05, 0) is 49.1 Å². The molecule has 0 bridgehead atoms. The van der Waals surface area contributed by atoms with Crippen LogP contribution in [0.3, 0.4) is 0 Å². The zero-order valence-corrected chi connectivity index (χ0v) is 19.1. The van der Waals surface area contributed by atoms with Crippen LogP contribution in [0.4, 0.5) is 5.00 Å². The second-order valence-corrected chi connectivity index (χ2v) is 9.50. The number of nitrogens with zero attached hydrogens (tertiary/aromatic N) is 3. The van der Waals surface area contributed by atoms with Crippen LogP contribution in [0.25, 0.3) is 0 Å². The van der Waals surface area contributed by atoms with Crippen molar-refractivity contribution >= 4 is 33.8 Å². The average molecular weight is 459 g/mol. The van der Waals surface area contributed by atoms with E-state index in [0.717, 1.165) is 74.8 Å². The van der Waals surface area contributed by atoms with E-state index in [1.807, 2.05) is 24.3 Å². The number of piperazine rings is 1. The molecule has 1 fully saturated rings. The van der Waals surface area contributed by atoms with Crippen molar-refractivity contribution in [3.8, 4) is 11.8 Å². The summed E-state index contributed by atoms with van der Waals surface area (Å²) in [4.78, 5) is 18.4. The molecule has 2 aliphatic rings. The van der Waals surface area contributed by atoms with Crippen molar-refractivity contribution in [2.75, 3.05) is 51.2 Å². The average Bonchev–Trinajstić information content (AvgIpc) is 3.35. The molecule has 1 saturated heterocycles. The molecule has 2 heterocycles. The number of carbonyl (C=O) groups excluding carboxylic acids is 1. The van der Waals surface area contributed by atoms with E-state index in [1.54, 1.807) is 11.3 Å². The van der Waals surface area contributed by atoms with Crippen LogP contribution in [0.5, 0.6) is 5.75 Å². The van der Waals surface area contributed by atoms with E-state index in [4.69, 9.17) is 16.3 Å². The number of nitriles is 1. The fraction of sp³-hybridized carbons (Fsp3) is 0.478. The smallest absolute Gasteiger partial charge is 0.226 e. The van der Waals surface area contributed by atoms with Gasteiger partial charge in [-0.25, -0.2) is 0 Å². The number of anilines is 1. The summed E-state index contributed by atoms with van der Waals surface area (Å²) >= 11 is 7.47. The third-order valence-corrected chi connectivity index (χ3v) is 7.36. The molecule has 0 saturated carbocycles. The van der Waals surface area contributed by atoms with Crippen LogP contribution in [0.1, 0.15) is 28.8 Å². The van der Waals surface area contributed by atoms with Gasteiger partial charge in [0.25, 0.3) is 0 Å². The molecule has 1 amide bonds. The van der Waals surface area contributed by atoms with Gasteiger partial charge in [0.1, 0.15) is 23.4 Å². The normalized spacial score (nSPS) is 16.6. The van der Waals surface area contributed by atoms with Crippen LogP contribution in [0.15, 0.2) is 24.3 Å². The zero-order chi connectivity index (χ0) is 21.6. The highest BCUT2D eigenvalue weighted by Crippen LogP contribution is 2.38. The quantitative estimate of drug-likeness (QED) is 0.651. The van der Waals surface area contributed by atoms with Gasteiger partial charge in [-0.15, -0.1) is 11.3 Å². The summed E-state index contributed by atoms with van der Waals surface area (Å²) in [5, 5.41) is 13.9. The van der Waals surface area contributed by atoms with Crippen LogP contribution in [0.2, 0.25) is 5.02 Å². The number of hydrogen-bond donors (Lipinski definition) is 1. The van der Waals surface area contributed by atoms with E-state index in [0.29, 0.717) is 23.6 Å². The number of thiophene rings is 1. The zero-order valence-electron chi connectivity index (χ0n) is 17.5. The molecule has 0 spiro atoms. The van der Waals surface area contributed by atoms with Crippen LogP contribution in [-0.2, 0) is 17.6 Å². The monoisotopic (exact) mass is 458 g/mol. The Morgan fingerprint density at radius 3 is 2.55 bits per heavy atom. The Balaban J connectivity index is 1.14. The molecule has 6 nitrogen and oxygen atoms in total. The molecule has 1 aliphatic carbocycles. The number of ether oxygens (including phenoxy) is 1. The van der Waals surface area contributed by atoms with Crippen molar-refractivity contribution in [1.82, 2.24) is 9.80 Å². The van der Waals surface area contributed by atoms with Crippen molar-refractivity contribution in [1.29, 1.82) is 5.26 Å². The van der Waals surface area contributed by atoms with Gasteiger partial charge in [-0.1, -0.05) is 11.6 Å². The predicted octanol–water partition coefficient (Wildman–Crippen LogP) is 3.79. The van der Waals surface area contributed by atoms with E-state index in [9.17, 15) is 10.1 Å². The molecule has 8 heteroatoms. The summed E-state index contributed by atoms with van der Waals surface area (Å²) in [6.45, 7) is 6.13. The molecule has 0 radical (unpaired) electrons. The van der Waals surface area contributed by atoms with Gasteiger partial charge in [0.05, 0.1) is 5.56 Å². The minimum absolute atomic E-state index is 0.00443. The first-order valence-electron chi connectivity index (χ1n) is 10.8. The molecule has 31 heavy (non-hydrogen) atoms.